The maximum atomic E-state index is 12.2. The maximum absolute atomic E-state index is 12.2. The molecule has 0 bridgehead atoms. The van der Waals surface area contributed by atoms with Gasteiger partial charge in [0, 0.05) is 18.7 Å². The molecule has 0 aliphatic carbocycles. The van der Waals surface area contributed by atoms with Crippen LogP contribution in [-0.4, -0.2) is 49.3 Å². The second kappa shape index (κ2) is 8.09. The van der Waals surface area contributed by atoms with Crippen LogP contribution in [0.5, 0.6) is 17.2 Å². The molecule has 1 N–H and O–H groups in total. The van der Waals surface area contributed by atoms with Gasteiger partial charge in [-0.15, -0.1) is 0 Å². The van der Waals surface area contributed by atoms with Gasteiger partial charge in [-0.1, -0.05) is 6.92 Å². The van der Waals surface area contributed by atoms with E-state index in [2.05, 4.69) is 22.1 Å². The van der Waals surface area contributed by atoms with Crippen molar-refractivity contribution in [3.05, 3.63) is 36.0 Å². The average molecular weight is 361 g/mol. The van der Waals surface area contributed by atoms with Crippen molar-refractivity contribution in [2.75, 3.05) is 27.4 Å². The lowest BCUT2D eigenvalue weighted by Gasteiger charge is -2.22. The first-order valence-corrected chi connectivity index (χ1v) is 8.48. The monoisotopic (exact) mass is 361 g/mol. The number of aromatic nitrogens is 1. The molecule has 1 atom stereocenters. The molecule has 1 aromatic carbocycles. The molecule has 0 saturated heterocycles. The van der Waals surface area contributed by atoms with Gasteiger partial charge in [-0.3, -0.25) is 4.79 Å². The highest BCUT2D eigenvalue weighted by Gasteiger charge is 2.17. The molecule has 1 amide bonds. The number of hydrogen-bond donors (Lipinski definition) is 1. The summed E-state index contributed by atoms with van der Waals surface area (Å²) in [6, 6.07) is 5.57. The van der Waals surface area contributed by atoms with Gasteiger partial charge in [0.05, 0.1) is 0 Å². The van der Waals surface area contributed by atoms with Crippen LogP contribution < -0.4 is 19.5 Å². The zero-order chi connectivity index (χ0) is 18.5. The van der Waals surface area contributed by atoms with Gasteiger partial charge < -0.3 is 28.8 Å². The molecule has 8 nitrogen and oxygen atoms in total. The summed E-state index contributed by atoms with van der Waals surface area (Å²) in [5.41, 5.74) is 0.239. The van der Waals surface area contributed by atoms with Crippen molar-refractivity contribution in [1.29, 1.82) is 0 Å². The number of fused-ring (bicyclic) bond motifs is 1. The van der Waals surface area contributed by atoms with Gasteiger partial charge in [-0.05, 0) is 32.6 Å². The van der Waals surface area contributed by atoms with Crippen LogP contribution in [0.15, 0.2) is 28.9 Å². The van der Waals surface area contributed by atoms with E-state index in [1.165, 1.54) is 6.26 Å². The first-order chi connectivity index (χ1) is 12.6. The summed E-state index contributed by atoms with van der Waals surface area (Å²) in [7, 11) is 3.98. The van der Waals surface area contributed by atoms with Crippen molar-refractivity contribution in [3.63, 3.8) is 0 Å². The Balaban J connectivity index is 1.52. The normalized spacial score (nSPS) is 13.7. The Hall–Kier alpha value is -2.74. The average Bonchev–Trinajstić information content (AvgIpc) is 3.28. The number of amides is 1. The number of rotatable bonds is 8. The molecule has 3 rings (SSSR count). The molecule has 8 heteroatoms. The van der Waals surface area contributed by atoms with Crippen molar-refractivity contribution >= 4 is 5.91 Å². The van der Waals surface area contributed by atoms with Crippen LogP contribution in [0.3, 0.4) is 0 Å². The SMILES string of the molecule is CC[C@@H](CNC(=O)c1coc(COc2ccc3c(c2)OCO3)n1)N(C)C. The molecule has 0 saturated carbocycles. The minimum Gasteiger partial charge on any atom is -0.484 e. The number of carbonyl (C=O) groups is 1. The highest BCUT2D eigenvalue weighted by molar-refractivity contribution is 5.91. The molecule has 2 heterocycles. The predicted octanol–water partition coefficient (Wildman–Crippen LogP) is 2.05. The lowest BCUT2D eigenvalue weighted by Crippen LogP contribution is -2.39. The van der Waals surface area contributed by atoms with Crippen molar-refractivity contribution in [2.45, 2.75) is 26.0 Å². The zero-order valence-corrected chi connectivity index (χ0v) is 15.2. The summed E-state index contributed by atoms with van der Waals surface area (Å²) < 4.78 is 21.5. The molecule has 0 fully saturated rings. The first kappa shape index (κ1) is 18.1. The van der Waals surface area contributed by atoms with E-state index in [4.69, 9.17) is 18.6 Å². The van der Waals surface area contributed by atoms with E-state index in [0.29, 0.717) is 29.7 Å². The van der Waals surface area contributed by atoms with Gasteiger partial charge in [-0.25, -0.2) is 4.98 Å². The minimum absolute atomic E-state index is 0.113. The molecule has 1 aromatic heterocycles. The molecular weight excluding hydrogens is 338 g/mol. The van der Waals surface area contributed by atoms with E-state index in [0.717, 1.165) is 6.42 Å². The Kier molecular flexibility index (Phi) is 5.62. The molecule has 1 aliphatic heterocycles. The van der Waals surface area contributed by atoms with Crippen molar-refractivity contribution in [2.24, 2.45) is 0 Å². The second-order valence-corrected chi connectivity index (χ2v) is 6.17. The minimum atomic E-state index is -0.261. The number of benzene rings is 1. The fourth-order valence-corrected chi connectivity index (χ4v) is 2.59. The molecule has 0 radical (unpaired) electrons. The molecule has 0 unspecified atom stereocenters. The fourth-order valence-electron chi connectivity index (χ4n) is 2.59. The van der Waals surface area contributed by atoms with Gasteiger partial charge in [0.15, 0.2) is 23.8 Å². The summed E-state index contributed by atoms with van der Waals surface area (Å²) >= 11 is 0. The quantitative estimate of drug-likeness (QED) is 0.770. The first-order valence-electron chi connectivity index (χ1n) is 8.48. The number of nitrogens with zero attached hydrogens (tertiary/aromatic N) is 2. The topological polar surface area (TPSA) is 86.1 Å². The third-order valence-corrected chi connectivity index (χ3v) is 4.19. The van der Waals surface area contributed by atoms with Gasteiger partial charge in [0.2, 0.25) is 12.7 Å². The van der Waals surface area contributed by atoms with Gasteiger partial charge in [-0.2, -0.15) is 0 Å². The fraction of sp³-hybridized carbons (Fsp3) is 0.444. The molecular formula is C18H23N3O5. The summed E-state index contributed by atoms with van der Waals surface area (Å²) in [5, 5.41) is 2.87. The number of nitrogens with one attached hydrogen (secondary N) is 1. The lowest BCUT2D eigenvalue weighted by molar-refractivity contribution is 0.0936. The molecule has 2 aromatic rings. The molecule has 140 valence electrons. The Morgan fingerprint density at radius 1 is 1.35 bits per heavy atom. The number of ether oxygens (including phenoxy) is 3. The second-order valence-electron chi connectivity index (χ2n) is 6.17. The Morgan fingerprint density at radius 2 is 2.15 bits per heavy atom. The van der Waals surface area contributed by atoms with Gasteiger partial charge >= 0.3 is 0 Å². The smallest absolute Gasteiger partial charge is 0.273 e. The van der Waals surface area contributed by atoms with Crippen LogP contribution in [0, 0.1) is 0 Å². The van der Waals surface area contributed by atoms with Crippen LogP contribution in [0.4, 0.5) is 0 Å². The standard InChI is InChI=1S/C18H23N3O5/c1-4-12(21(2)3)8-19-18(22)14-9-24-17(20-14)10-23-13-5-6-15-16(7-13)26-11-25-15/h5-7,9,12H,4,8,10-11H2,1-3H3,(H,19,22)/t12-/m0/s1. The van der Waals surface area contributed by atoms with Crippen molar-refractivity contribution in [3.8, 4) is 17.2 Å². The highest BCUT2D eigenvalue weighted by Crippen LogP contribution is 2.35. The number of oxazole rings is 1. The van der Waals surface area contributed by atoms with E-state index < -0.39 is 0 Å². The van der Waals surface area contributed by atoms with Crippen LogP contribution in [0.1, 0.15) is 29.7 Å². The largest absolute Gasteiger partial charge is 0.484 e. The third kappa shape index (κ3) is 4.26. The Bertz CT molecular complexity index is 759. The molecule has 26 heavy (non-hydrogen) atoms. The maximum Gasteiger partial charge on any atom is 0.273 e. The summed E-state index contributed by atoms with van der Waals surface area (Å²) in [5.74, 6) is 2.00. The Labute approximate surface area is 152 Å². The zero-order valence-electron chi connectivity index (χ0n) is 15.2. The number of carbonyl (C=O) groups excluding carboxylic acids is 1. The predicted molar refractivity (Wildman–Crippen MR) is 93.5 cm³/mol. The van der Waals surface area contributed by atoms with Crippen LogP contribution in [-0.2, 0) is 6.61 Å². The number of likely N-dealkylation sites (N-methyl/N-ethyl adjacent to an activating group) is 1. The highest BCUT2D eigenvalue weighted by atomic mass is 16.7. The van der Waals surface area contributed by atoms with Crippen LogP contribution in [0.25, 0.3) is 0 Å². The van der Waals surface area contributed by atoms with Crippen molar-refractivity contribution < 1.29 is 23.4 Å². The lowest BCUT2D eigenvalue weighted by atomic mass is 10.2. The summed E-state index contributed by atoms with van der Waals surface area (Å²) in [4.78, 5) is 18.4. The number of hydrogen-bond acceptors (Lipinski definition) is 7. The van der Waals surface area contributed by atoms with Gasteiger partial charge in [0.25, 0.3) is 5.91 Å². The van der Waals surface area contributed by atoms with E-state index in [1.807, 2.05) is 14.1 Å². The Morgan fingerprint density at radius 3 is 2.92 bits per heavy atom. The van der Waals surface area contributed by atoms with E-state index >= 15 is 0 Å². The van der Waals surface area contributed by atoms with Gasteiger partial charge in [0.1, 0.15) is 12.0 Å². The van der Waals surface area contributed by atoms with E-state index in [9.17, 15) is 4.79 Å². The van der Waals surface area contributed by atoms with E-state index in [1.54, 1.807) is 18.2 Å². The van der Waals surface area contributed by atoms with Crippen LogP contribution >= 0.6 is 0 Å². The summed E-state index contributed by atoms with van der Waals surface area (Å²) in [6.07, 6.45) is 2.28. The van der Waals surface area contributed by atoms with Crippen molar-refractivity contribution in [1.82, 2.24) is 15.2 Å². The summed E-state index contributed by atoms with van der Waals surface area (Å²) in [6.45, 7) is 2.96. The third-order valence-electron chi connectivity index (χ3n) is 4.19. The van der Waals surface area contributed by atoms with E-state index in [-0.39, 0.29) is 31.0 Å². The molecule has 0 spiro atoms. The molecule has 1 aliphatic rings. The van der Waals surface area contributed by atoms with Crippen LogP contribution in [0.2, 0.25) is 0 Å².